The Bertz CT molecular complexity index is 554. The minimum atomic E-state index is -4.17. The molecule has 0 amide bonds. The van der Waals surface area contributed by atoms with Gasteiger partial charge in [0.05, 0.1) is 6.54 Å². The van der Waals surface area contributed by atoms with Gasteiger partial charge in [-0.3, -0.25) is 0 Å². The summed E-state index contributed by atoms with van der Waals surface area (Å²) in [5, 5.41) is 0. The van der Waals surface area contributed by atoms with Gasteiger partial charge in [0, 0.05) is 23.8 Å². The van der Waals surface area contributed by atoms with Crippen LogP contribution >= 0.6 is 15.9 Å². The predicted molar refractivity (Wildman–Crippen MR) is 76.3 cm³/mol. The average Bonchev–Trinajstić information content (AvgIpc) is 2.35. The lowest BCUT2D eigenvalue weighted by atomic mass is 10.3. The summed E-state index contributed by atoms with van der Waals surface area (Å²) in [5.74, 6) is -2.06. The molecule has 0 unspecified atom stereocenters. The zero-order valence-electron chi connectivity index (χ0n) is 11.5. The van der Waals surface area contributed by atoms with Gasteiger partial charge in [0.1, 0.15) is 16.5 Å². The molecular formula is C12H16BrF2NO4S. The molecule has 0 spiro atoms. The number of sulfonamides is 1. The topological polar surface area (TPSA) is 64.6 Å². The van der Waals surface area contributed by atoms with Crippen LogP contribution in [-0.2, 0) is 19.5 Å². The highest BCUT2D eigenvalue weighted by molar-refractivity contribution is 9.10. The van der Waals surface area contributed by atoms with Crippen molar-refractivity contribution in [1.82, 2.24) is 4.72 Å². The zero-order chi connectivity index (χ0) is 16.0. The van der Waals surface area contributed by atoms with E-state index in [1.54, 1.807) is 13.8 Å². The van der Waals surface area contributed by atoms with Crippen LogP contribution in [0.4, 0.5) is 8.78 Å². The maximum Gasteiger partial charge on any atom is 0.244 e. The number of hydrogen-bond acceptors (Lipinski definition) is 4. The Morgan fingerprint density at radius 3 is 2.29 bits per heavy atom. The van der Waals surface area contributed by atoms with E-state index in [1.807, 2.05) is 0 Å². The lowest BCUT2D eigenvalue weighted by molar-refractivity contribution is -0.130. The third-order valence-corrected chi connectivity index (χ3v) is 4.76. The van der Waals surface area contributed by atoms with E-state index in [1.165, 1.54) is 0 Å². The normalized spacial score (nSPS) is 12.1. The highest BCUT2D eigenvalue weighted by Gasteiger charge is 2.24. The van der Waals surface area contributed by atoms with Crippen LogP contribution < -0.4 is 4.72 Å². The lowest BCUT2D eigenvalue weighted by Crippen LogP contribution is -2.36. The Morgan fingerprint density at radius 2 is 1.81 bits per heavy atom. The zero-order valence-corrected chi connectivity index (χ0v) is 13.9. The molecule has 1 rings (SSSR count). The molecule has 0 aliphatic carbocycles. The third kappa shape index (κ3) is 5.26. The number of halogens is 3. The summed E-state index contributed by atoms with van der Waals surface area (Å²) >= 11 is 2.84. The second-order valence-corrected chi connectivity index (χ2v) is 6.45. The van der Waals surface area contributed by atoms with E-state index in [9.17, 15) is 17.2 Å². The van der Waals surface area contributed by atoms with Crippen molar-refractivity contribution in [2.75, 3.05) is 19.8 Å². The second kappa shape index (κ2) is 8.14. The lowest BCUT2D eigenvalue weighted by Gasteiger charge is -2.18. The molecule has 0 saturated heterocycles. The molecule has 0 radical (unpaired) electrons. The second-order valence-electron chi connectivity index (χ2n) is 3.89. The van der Waals surface area contributed by atoms with E-state index in [4.69, 9.17) is 9.47 Å². The largest absolute Gasteiger partial charge is 0.352 e. The molecule has 5 nitrogen and oxygen atoms in total. The fourth-order valence-electron chi connectivity index (χ4n) is 1.57. The molecule has 0 saturated carbocycles. The minimum absolute atomic E-state index is 0.187. The van der Waals surface area contributed by atoms with Crippen LogP contribution in [0.15, 0.2) is 21.5 Å². The van der Waals surface area contributed by atoms with E-state index in [-0.39, 0.29) is 11.0 Å². The number of benzene rings is 1. The van der Waals surface area contributed by atoms with Crippen LogP contribution in [0.2, 0.25) is 0 Å². The van der Waals surface area contributed by atoms with Gasteiger partial charge in [-0.1, -0.05) is 0 Å². The number of nitrogens with one attached hydrogen (secondary N) is 1. The Hall–Kier alpha value is -0.610. The standard InChI is InChI=1S/C12H16BrF2NO4S/c1-3-19-11(20-4-2)7-16-21(17,18)12-9(13)5-8(14)6-10(12)15/h5-6,11,16H,3-4,7H2,1-2H3. The SMILES string of the molecule is CCOC(CNS(=O)(=O)c1c(F)cc(F)cc1Br)OCC. The summed E-state index contributed by atoms with van der Waals surface area (Å²) in [7, 11) is -4.17. The third-order valence-electron chi connectivity index (χ3n) is 2.38. The summed E-state index contributed by atoms with van der Waals surface area (Å²) in [6.45, 7) is 3.95. The number of rotatable bonds is 8. The van der Waals surface area contributed by atoms with Crippen LogP contribution in [-0.4, -0.2) is 34.5 Å². The molecule has 0 aromatic heterocycles. The molecule has 21 heavy (non-hydrogen) atoms. The van der Waals surface area contributed by atoms with Crippen molar-refractivity contribution in [2.45, 2.75) is 25.0 Å². The Morgan fingerprint density at radius 1 is 1.24 bits per heavy atom. The molecule has 0 heterocycles. The highest BCUT2D eigenvalue weighted by atomic mass is 79.9. The molecule has 1 N–H and O–H groups in total. The van der Waals surface area contributed by atoms with Crippen molar-refractivity contribution in [3.8, 4) is 0 Å². The van der Waals surface area contributed by atoms with Gasteiger partial charge >= 0.3 is 0 Å². The number of ether oxygens (including phenoxy) is 2. The monoisotopic (exact) mass is 387 g/mol. The van der Waals surface area contributed by atoms with Crippen LogP contribution in [0.25, 0.3) is 0 Å². The van der Waals surface area contributed by atoms with Crippen molar-refractivity contribution in [3.63, 3.8) is 0 Å². The van der Waals surface area contributed by atoms with Crippen molar-refractivity contribution >= 4 is 26.0 Å². The summed E-state index contributed by atoms with van der Waals surface area (Å²) in [5.41, 5.74) is 0. The van der Waals surface area contributed by atoms with Gasteiger partial charge < -0.3 is 9.47 Å². The molecule has 0 atom stereocenters. The molecule has 0 bridgehead atoms. The van der Waals surface area contributed by atoms with Gasteiger partial charge in [0.2, 0.25) is 10.0 Å². The van der Waals surface area contributed by atoms with Crippen LogP contribution in [0.5, 0.6) is 0 Å². The highest BCUT2D eigenvalue weighted by Crippen LogP contribution is 2.26. The van der Waals surface area contributed by atoms with E-state index < -0.39 is 32.8 Å². The first kappa shape index (κ1) is 18.4. The Balaban J connectivity index is 2.92. The van der Waals surface area contributed by atoms with Gasteiger partial charge in [-0.15, -0.1) is 0 Å². The van der Waals surface area contributed by atoms with Crippen LogP contribution in [0, 0.1) is 11.6 Å². The molecule has 0 fully saturated rings. The van der Waals surface area contributed by atoms with Gasteiger partial charge in [-0.05, 0) is 35.8 Å². The van der Waals surface area contributed by atoms with Crippen molar-refractivity contribution in [2.24, 2.45) is 0 Å². The van der Waals surface area contributed by atoms with E-state index in [2.05, 4.69) is 20.7 Å². The summed E-state index contributed by atoms with van der Waals surface area (Å²) in [4.78, 5) is -0.657. The maximum absolute atomic E-state index is 13.7. The quantitative estimate of drug-likeness (QED) is 0.695. The maximum atomic E-state index is 13.7. The van der Waals surface area contributed by atoms with Crippen LogP contribution in [0.1, 0.15) is 13.8 Å². The van der Waals surface area contributed by atoms with Gasteiger partial charge in [0.15, 0.2) is 6.29 Å². The van der Waals surface area contributed by atoms with Crippen molar-refractivity contribution in [3.05, 3.63) is 28.2 Å². The molecule has 1 aromatic carbocycles. The first-order chi connectivity index (χ1) is 9.81. The van der Waals surface area contributed by atoms with E-state index in [0.717, 1.165) is 6.07 Å². The van der Waals surface area contributed by atoms with Gasteiger partial charge in [-0.25, -0.2) is 21.9 Å². The molecular weight excluding hydrogens is 372 g/mol. The summed E-state index contributed by atoms with van der Waals surface area (Å²) in [6.07, 6.45) is -0.780. The Kier molecular flexibility index (Phi) is 7.14. The Labute approximate surface area is 130 Å². The van der Waals surface area contributed by atoms with Gasteiger partial charge in [-0.2, -0.15) is 0 Å². The van der Waals surface area contributed by atoms with Crippen molar-refractivity contribution < 1.29 is 26.7 Å². The number of hydrogen-bond donors (Lipinski definition) is 1. The van der Waals surface area contributed by atoms with Gasteiger partial charge in [0.25, 0.3) is 0 Å². The molecule has 1 aromatic rings. The van der Waals surface area contributed by atoms with Crippen molar-refractivity contribution in [1.29, 1.82) is 0 Å². The smallest absolute Gasteiger partial charge is 0.244 e. The fourth-order valence-corrected chi connectivity index (χ4v) is 3.75. The summed E-state index contributed by atoms with van der Waals surface area (Å²) < 4.78 is 63.2. The van der Waals surface area contributed by atoms with E-state index >= 15 is 0 Å². The predicted octanol–water partition coefficient (Wildman–Crippen LogP) is 2.40. The van der Waals surface area contributed by atoms with E-state index in [0.29, 0.717) is 19.3 Å². The molecule has 120 valence electrons. The first-order valence-electron chi connectivity index (χ1n) is 6.19. The molecule has 9 heteroatoms. The molecule has 0 aliphatic heterocycles. The first-order valence-corrected chi connectivity index (χ1v) is 8.46. The van der Waals surface area contributed by atoms with Crippen LogP contribution in [0.3, 0.4) is 0 Å². The summed E-state index contributed by atoms with van der Waals surface area (Å²) in [6, 6.07) is 1.38. The average molecular weight is 388 g/mol. The minimum Gasteiger partial charge on any atom is -0.352 e. The molecule has 0 aliphatic rings. The fraction of sp³-hybridized carbons (Fsp3) is 0.500.